The van der Waals surface area contributed by atoms with Gasteiger partial charge >= 0.3 is 0 Å². The molecule has 0 fully saturated rings. The number of nitrogens with two attached hydrogens (primary N) is 1. The van der Waals surface area contributed by atoms with Crippen molar-refractivity contribution >= 4 is 17.5 Å². The van der Waals surface area contributed by atoms with Crippen molar-refractivity contribution in [3.05, 3.63) is 34.9 Å². The van der Waals surface area contributed by atoms with Crippen molar-refractivity contribution < 1.29 is 4.79 Å². The summed E-state index contributed by atoms with van der Waals surface area (Å²) in [6, 6.07) is 6.67. The van der Waals surface area contributed by atoms with Crippen LogP contribution >= 0.6 is 11.6 Å². The Hall–Kier alpha value is -1.02. The first-order valence-corrected chi connectivity index (χ1v) is 4.14. The van der Waals surface area contributed by atoms with E-state index in [-0.39, 0.29) is 0 Å². The van der Waals surface area contributed by atoms with Crippen molar-refractivity contribution in [3.8, 4) is 0 Å². The van der Waals surface area contributed by atoms with Gasteiger partial charge in [-0.25, -0.2) is 0 Å². The van der Waals surface area contributed by atoms with Gasteiger partial charge in [0.25, 0.3) is 0 Å². The molecule has 0 aliphatic rings. The topological polar surface area (TPSA) is 43.1 Å². The molecule has 0 radical (unpaired) electrons. The summed E-state index contributed by atoms with van der Waals surface area (Å²) in [4.78, 5) is 10.6. The van der Waals surface area contributed by atoms with Gasteiger partial charge in [0.1, 0.15) is 0 Å². The minimum Gasteiger partial charge on any atom is -0.366 e. The Kier molecular flexibility index (Phi) is 5.13. The summed E-state index contributed by atoms with van der Waals surface area (Å²) in [5.41, 5.74) is 5.36. The maximum atomic E-state index is 10.6. The number of carbonyl (C=O) groups excluding carboxylic acids is 1. The summed E-state index contributed by atoms with van der Waals surface area (Å²) in [7, 11) is 0. The molecule has 1 aromatic carbocycles. The second-order valence-electron chi connectivity index (χ2n) is 1.84. The van der Waals surface area contributed by atoms with E-state index in [4.69, 9.17) is 17.3 Å². The summed E-state index contributed by atoms with van der Waals surface area (Å²) < 4.78 is 0. The molecule has 0 spiro atoms. The molecule has 0 aliphatic carbocycles. The molecule has 0 aromatic heterocycles. The van der Waals surface area contributed by atoms with Crippen LogP contribution in [0.15, 0.2) is 24.3 Å². The van der Waals surface area contributed by atoms with Gasteiger partial charge < -0.3 is 5.73 Å². The standard InChI is InChI=1S/C7H6ClNO.C2H6/c8-6-4-2-1-3-5(6)7(9)10;1-2/h1-4H,(H2,9,10);1-2H3. The first-order chi connectivity index (χ1) is 5.72. The third-order valence-corrected chi connectivity index (χ3v) is 1.47. The van der Waals surface area contributed by atoms with Crippen LogP contribution in [0.5, 0.6) is 0 Å². The van der Waals surface area contributed by atoms with Gasteiger partial charge in [0.2, 0.25) is 5.91 Å². The number of rotatable bonds is 1. The molecule has 0 atom stereocenters. The van der Waals surface area contributed by atoms with E-state index in [1.54, 1.807) is 24.3 Å². The number of benzene rings is 1. The number of carbonyl (C=O) groups is 1. The Labute approximate surface area is 77.3 Å². The summed E-state index contributed by atoms with van der Waals surface area (Å²) in [5, 5.41) is 0.398. The van der Waals surface area contributed by atoms with Gasteiger partial charge in [0, 0.05) is 0 Å². The number of hydrogen-bond acceptors (Lipinski definition) is 1. The fourth-order valence-electron chi connectivity index (χ4n) is 0.661. The van der Waals surface area contributed by atoms with Crippen LogP contribution < -0.4 is 5.73 Å². The molecule has 1 aromatic rings. The summed E-state index contributed by atoms with van der Waals surface area (Å²) >= 11 is 5.62. The average Bonchev–Trinajstić information content (AvgIpc) is 2.08. The molecular weight excluding hydrogens is 174 g/mol. The molecule has 66 valence electrons. The predicted molar refractivity (Wildman–Crippen MR) is 51.3 cm³/mol. The van der Waals surface area contributed by atoms with Crippen LogP contribution in [0.1, 0.15) is 24.2 Å². The van der Waals surface area contributed by atoms with E-state index in [1.807, 2.05) is 13.8 Å². The molecule has 0 aliphatic heterocycles. The van der Waals surface area contributed by atoms with E-state index in [0.717, 1.165) is 0 Å². The highest BCUT2D eigenvalue weighted by atomic mass is 35.5. The molecule has 12 heavy (non-hydrogen) atoms. The van der Waals surface area contributed by atoms with Crippen LogP contribution in [0.2, 0.25) is 5.02 Å². The fourth-order valence-corrected chi connectivity index (χ4v) is 0.890. The lowest BCUT2D eigenvalue weighted by atomic mass is 10.2. The van der Waals surface area contributed by atoms with Crippen LogP contribution in [-0.4, -0.2) is 5.91 Å². The van der Waals surface area contributed by atoms with E-state index in [1.165, 1.54) is 0 Å². The number of amides is 1. The van der Waals surface area contributed by atoms with E-state index in [9.17, 15) is 4.79 Å². The number of halogens is 1. The van der Waals surface area contributed by atoms with Gasteiger partial charge in [0.05, 0.1) is 10.6 Å². The zero-order chi connectivity index (χ0) is 9.56. The van der Waals surface area contributed by atoms with Crippen LogP contribution in [0.25, 0.3) is 0 Å². The monoisotopic (exact) mass is 185 g/mol. The van der Waals surface area contributed by atoms with E-state index >= 15 is 0 Å². The minimum atomic E-state index is -0.495. The second-order valence-corrected chi connectivity index (χ2v) is 2.25. The van der Waals surface area contributed by atoms with Crippen molar-refractivity contribution in [1.82, 2.24) is 0 Å². The fraction of sp³-hybridized carbons (Fsp3) is 0.222. The maximum absolute atomic E-state index is 10.6. The largest absolute Gasteiger partial charge is 0.366 e. The Morgan fingerprint density at radius 3 is 2.17 bits per heavy atom. The van der Waals surface area contributed by atoms with Gasteiger partial charge in [-0.1, -0.05) is 37.6 Å². The van der Waals surface area contributed by atoms with Crippen molar-refractivity contribution in [1.29, 1.82) is 0 Å². The van der Waals surface area contributed by atoms with Gasteiger partial charge in [0.15, 0.2) is 0 Å². The Bertz CT molecular complexity index is 260. The molecule has 2 nitrogen and oxygen atoms in total. The molecule has 1 amide bonds. The number of primary amides is 1. The third-order valence-electron chi connectivity index (χ3n) is 1.14. The predicted octanol–water partition coefficient (Wildman–Crippen LogP) is 2.47. The lowest BCUT2D eigenvalue weighted by Gasteiger charge is -1.95. The zero-order valence-corrected chi connectivity index (χ0v) is 7.93. The highest BCUT2D eigenvalue weighted by Gasteiger charge is 2.02. The Morgan fingerprint density at radius 2 is 1.83 bits per heavy atom. The van der Waals surface area contributed by atoms with Gasteiger partial charge in [-0.05, 0) is 12.1 Å². The first kappa shape index (κ1) is 11.0. The van der Waals surface area contributed by atoms with Crippen LogP contribution in [0.3, 0.4) is 0 Å². The zero-order valence-electron chi connectivity index (χ0n) is 7.17. The van der Waals surface area contributed by atoms with Crippen molar-refractivity contribution in [3.63, 3.8) is 0 Å². The maximum Gasteiger partial charge on any atom is 0.250 e. The first-order valence-electron chi connectivity index (χ1n) is 3.76. The Balaban J connectivity index is 0.000000561. The van der Waals surface area contributed by atoms with E-state index < -0.39 is 5.91 Å². The molecule has 0 heterocycles. The summed E-state index contributed by atoms with van der Waals surface area (Å²) in [6.45, 7) is 4.00. The minimum absolute atomic E-state index is 0.365. The lowest BCUT2D eigenvalue weighted by molar-refractivity contribution is 0.100. The SMILES string of the molecule is CC.NC(=O)c1ccccc1Cl. The van der Waals surface area contributed by atoms with Crippen molar-refractivity contribution in [2.75, 3.05) is 0 Å². The van der Waals surface area contributed by atoms with E-state index in [0.29, 0.717) is 10.6 Å². The molecule has 0 saturated carbocycles. The quantitative estimate of drug-likeness (QED) is 0.718. The van der Waals surface area contributed by atoms with Crippen molar-refractivity contribution in [2.45, 2.75) is 13.8 Å². The normalized spacial score (nSPS) is 8.25. The van der Waals surface area contributed by atoms with Gasteiger partial charge in [-0.2, -0.15) is 0 Å². The van der Waals surface area contributed by atoms with Crippen molar-refractivity contribution in [2.24, 2.45) is 5.73 Å². The van der Waals surface area contributed by atoms with Gasteiger partial charge in [-0.3, -0.25) is 4.79 Å². The highest BCUT2D eigenvalue weighted by molar-refractivity contribution is 6.33. The molecule has 2 N–H and O–H groups in total. The van der Waals surface area contributed by atoms with Crippen LogP contribution in [0.4, 0.5) is 0 Å². The molecule has 0 bridgehead atoms. The lowest BCUT2D eigenvalue weighted by Crippen LogP contribution is -2.10. The Morgan fingerprint density at radius 1 is 1.33 bits per heavy atom. The average molecular weight is 186 g/mol. The second kappa shape index (κ2) is 5.61. The molecule has 1 rings (SSSR count). The summed E-state index contributed by atoms with van der Waals surface area (Å²) in [5.74, 6) is -0.495. The molecule has 0 saturated heterocycles. The molecular formula is C9H12ClNO. The van der Waals surface area contributed by atoms with Crippen LogP contribution in [0, 0.1) is 0 Å². The smallest absolute Gasteiger partial charge is 0.250 e. The third kappa shape index (κ3) is 2.93. The molecule has 3 heteroatoms. The summed E-state index contributed by atoms with van der Waals surface area (Å²) in [6.07, 6.45) is 0. The van der Waals surface area contributed by atoms with Gasteiger partial charge in [-0.15, -0.1) is 0 Å². The van der Waals surface area contributed by atoms with E-state index in [2.05, 4.69) is 0 Å². The number of hydrogen-bond donors (Lipinski definition) is 1. The highest BCUT2D eigenvalue weighted by Crippen LogP contribution is 2.13. The molecule has 0 unspecified atom stereocenters. The van der Waals surface area contributed by atoms with Crippen LogP contribution in [-0.2, 0) is 0 Å².